The average molecular weight is 456 g/mol. The number of rotatable bonds is 3. The van der Waals surface area contributed by atoms with E-state index in [0.29, 0.717) is 54.8 Å². The van der Waals surface area contributed by atoms with Crippen LogP contribution in [0.3, 0.4) is 0 Å². The Bertz CT molecular complexity index is 1220. The lowest BCUT2D eigenvalue weighted by molar-refractivity contribution is -0.127. The smallest absolute Gasteiger partial charge is 0.271 e. The van der Waals surface area contributed by atoms with Crippen LogP contribution in [0.2, 0.25) is 5.02 Å². The lowest BCUT2D eigenvalue weighted by atomic mass is 9.71. The van der Waals surface area contributed by atoms with Gasteiger partial charge in [-0.25, -0.2) is 13.9 Å². The van der Waals surface area contributed by atoms with Crippen molar-refractivity contribution in [2.24, 2.45) is 5.41 Å². The fourth-order valence-corrected chi connectivity index (χ4v) is 5.17. The molecule has 1 saturated heterocycles. The van der Waals surface area contributed by atoms with E-state index in [4.69, 9.17) is 11.6 Å². The molecule has 0 bridgehead atoms. The Kier molecular flexibility index (Phi) is 5.12. The second-order valence-electron chi connectivity index (χ2n) is 8.72. The van der Waals surface area contributed by atoms with Crippen LogP contribution in [0.15, 0.2) is 36.7 Å². The molecular formula is C23H23ClFN5O2. The van der Waals surface area contributed by atoms with Crippen LogP contribution < -0.4 is 10.2 Å². The molecule has 1 aromatic carbocycles. The van der Waals surface area contributed by atoms with Crippen molar-refractivity contribution in [2.45, 2.75) is 45.1 Å². The summed E-state index contributed by atoms with van der Waals surface area (Å²) in [6.07, 6.45) is 6.68. The standard InChI is InChI=1S/C23H23ClFN5O2/c1-14-11-18(16(24)12-17(14)25)29-10-8-23(22(29)32)6-4-15(5-7-23)28-21(31)19-13-26-20-3-2-9-27-30(19)20/h2-3,9,11-13,15H,4-8,10H2,1H3,(H,28,31). The molecular weight excluding hydrogens is 433 g/mol. The number of halogens is 2. The number of amides is 2. The van der Waals surface area contributed by atoms with Crippen LogP contribution in [-0.4, -0.2) is 39.0 Å². The van der Waals surface area contributed by atoms with Crippen molar-refractivity contribution in [3.8, 4) is 0 Å². The van der Waals surface area contributed by atoms with Crippen molar-refractivity contribution in [2.75, 3.05) is 11.4 Å². The quantitative estimate of drug-likeness (QED) is 0.649. The van der Waals surface area contributed by atoms with E-state index in [-0.39, 0.29) is 28.7 Å². The van der Waals surface area contributed by atoms with Crippen molar-refractivity contribution in [3.63, 3.8) is 0 Å². The number of imidazole rings is 1. The molecule has 1 saturated carbocycles. The van der Waals surface area contributed by atoms with Gasteiger partial charge in [-0.3, -0.25) is 9.59 Å². The number of aryl methyl sites for hydroxylation is 1. The van der Waals surface area contributed by atoms with Crippen molar-refractivity contribution in [1.29, 1.82) is 0 Å². The average Bonchev–Trinajstić information content (AvgIpc) is 3.35. The van der Waals surface area contributed by atoms with Crippen molar-refractivity contribution in [3.05, 3.63) is 58.8 Å². The number of hydrogen-bond acceptors (Lipinski definition) is 4. The molecule has 2 aliphatic rings. The molecule has 0 unspecified atom stereocenters. The van der Waals surface area contributed by atoms with Crippen LogP contribution in [0.1, 0.15) is 48.2 Å². The van der Waals surface area contributed by atoms with Gasteiger partial charge in [-0.15, -0.1) is 0 Å². The zero-order valence-electron chi connectivity index (χ0n) is 17.6. The van der Waals surface area contributed by atoms with Crippen molar-refractivity contribution >= 4 is 34.7 Å². The summed E-state index contributed by atoms with van der Waals surface area (Å²) in [5.41, 5.74) is 1.60. The molecule has 166 valence electrons. The second-order valence-corrected chi connectivity index (χ2v) is 9.13. The molecule has 5 rings (SSSR count). The van der Waals surface area contributed by atoms with Crippen molar-refractivity contribution < 1.29 is 14.0 Å². The third-order valence-corrected chi connectivity index (χ3v) is 7.12. The maximum Gasteiger partial charge on any atom is 0.271 e. The SMILES string of the molecule is Cc1cc(N2CCC3(CCC(NC(=O)c4cnc5cccnn45)CC3)C2=O)c(Cl)cc1F. The van der Waals surface area contributed by atoms with Gasteiger partial charge in [0.25, 0.3) is 5.91 Å². The molecule has 3 heterocycles. The molecule has 3 aromatic rings. The van der Waals surface area contributed by atoms with Gasteiger partial charge in [-0.1, -0.05) is 11.6 Å². The summed E-state index contributed by atoms with van der Waals surface area (Å²) in [5.74, 6) is -0.552. The van der Waals surface area contributed by atoms with Gasteiger partial charge in [0.05, 0.1) is 22.3 Å². The lowest BCUT2D eigenvalue weighted by Gasteiger charge is -2.36. The molecule has 1 spiro atoms. The lowest BCUT2D eigenvalue weighted by Crippen LogP contribution is -2.44. The minimum Gasteiger partial charge on any atom is -0.348 e. The van der Waals surface area contributed by atoms with Gasteiger partial charge in [0, 0.05) is 18.8 Å². The molecule has 1 aliphatic carbocycles. The van der Waals surface area contributed by atoms with Gasteiger partial charge < -0.3 is 10.2 Å². The first kappa shape index (κ1) is 20.9. The van der Waals surface area contributed by atoms with E-state index in [0.717, 1.165) is 6.42 Å². The Labute approximate surface area is 189 Å². The maximum absolute atomic E-state index is 13.8. The Morgan fingerprint density at radius 2 is 2.06 bits per heavy atom. The minimum absolute atomic E-state index is 0.0131. The Morgan fingerprint density at radius 3 is 2.84 bits per heavy atom. The largest absolute Gasteiger partial charge is 0.348 e. The van der Waals surface area contributed by atoms with E-state index in [2.05, 4.69) is 15.4 Å². The number of aromatic nitrogens is 3. The number of hydrogen-bond donors (Lipinski definition) is 1. The molecule has 32 heavy (non-hydrogen) atoms. The molecule has 2 aromatic heterocycles. The first-order valence-corrected chi connectivity index (χ1v) is 11.1. The highest BCUT2D eigenvalue weighted by Gasteiger charge is 2.49. The van der Waals surface area contributed by atoms with Gasteiger partial charge in [0.15, 0.2) is 5.65 Å². The number of nitrogens with one attached hydrogen (secondary N) is 1. The summed E-state index contributed by atoms with van der Waals surface area (Å²) in [7, 11) is 0. The molecule has 0 radical (unpaired) electrons. The summed E-state index contributed by atoms with van der Waals surface area (Å²) in [6, 6.07) is 6.46. The number of anilines is 1. The van der Waals surface area contributed by atoms with Crippen LogP contribution in [-0.2, 0) is 4.79 Å². The zero-order valence-corrected chi connectivity index (χ0v) is 18.4. The second kappa shape index (κ2) is 7.85. The molecule has 2 fully saturated rings. The van der Waals surface area contributed by atoms with E-state index >= 15 is 0 Å². The molecule has 9 heteroatoms. The van der Waals surface area contributed by atoms with E-state index in [1.807, 2.05) is 0 Å². The summed E-state index contributed by atoms with van der Waals surface area (Å²) >= 11 is 6.25. The van der Waals surface area contributed by atoms with Crippen LogP contribution in [0.5, 0.6) is 0 Å². The highest BCUT2D eigenvalue weighted by molar-refractivity contribution is 6.34. The Hall–Kier alpha value is -3.00. The number of fused-ring (bicyclic) bond motifs is 1. The van der Waals surface area contributed by atoms with Gasteiger partial charge in [-0.2, -0.15) is 5.10 Å². The third kappa shape index (κ3) is 3.43. The maximum atomic E-state index is 13.8. The summed E-state index contributed by atoms with van der Waals surface area (Å²) in [4.78, 5) is 32.0. The number of carbonyl (C=O) groups excluding carboxylic acids is 2. The van der Waals surface area contributed by atoms with Gasteiger partial charge in [-0.05, 0) is 68.9 Å². The van der Waals surface area contributed by atoms with Crippen LogP contribution >= 0.6 is 11.6 Å². The third-order valence-electron chi connectivity index (χ3n) is 6.82. The highest BCUT2D eigenvalue weighted by atomic mass is 35.5. The number of benzene rings is 1. The normalized spacial score (nSPS) is 23.3. The first-order chi connectivity index (χ1) is 15.4. The molecule has 2 amide bonds. The Balaban J connectivity index is 1.26. The number of nitrogens with zero attached hydrogens (tertiary/aromatic N) is 4. The van der Waals surface area contributed by atoms with Gasteiger partial charge in [0.1, 0.15) is 11.5 Å². The van der Waals surface area contributed by atoms with Gasteiger partial charge in [0.2, 0.25) is 5.91 Å². The fourth-order valence-electron chi connectivity index (χ4n) is 4.92. The van der Waals surface area contributed by atoms with E-state index in [1.165, 1.54) is 16.8 Å². The zero-order chi connectivity index (χ0) is 22.5. The minimum atomic E-state index is -0.447. The van der Waals surface area contributed by atoms with Gasteiger partial charge >= 0.3 is 0 Å². The molecule has 0 atom stereocenters. The molecule has 1 aliphatic heterocycles. The van der Waals surface area contributed by atoms with E-state index < -0.39 is 5.41 Å². The monoisotopic (exact) mass is 455 g/mol. The summed E-state index contributed by atoms with van der Waals surface area (Å²) < 4.78 is 15.3. The Morgan fingerprint density at radius 1 is 1.28 bits per heavy atom. The predicted octanol–water partition coefficient (Wildman–Crippen LogP) is 3.93. The molecule has 1 N–H and O–H groups in total. The predicted molar refractivity (Wildman–Crippen MR) is 118 cm³/mol. The van der Waals surface area contributed by atoms with E-state index in [9.17, 15) is 14.0 Å². The summed E-state index contributed by atoms with van der Waals surface area (Å²) in [5, 5.41) is 7.51. The van der Waals surface area contributed by atoms with E-state index in [1.54, 1.807) is 36.2 Å². The van der Waals surface area contributed by atoms with Crippen molar-refractivity contribution in [1.82, 2.24) is 19.9 Å². The van der Waals surface area contributed by atoms with Crippen LogP contribution in [0.4, 0.5) is 10.1 Å². The first-order valence-electron chi connectivity index (χ1n) is 10.8. The topological polar surface area (TPSA) is 79.6 Å². The van der Waals surface area contributed by atoms with Crippen LogP contribution in [0.25, 0.3) is 5.65 Å². The fraction of sp³-hybridized carbons (Fsp3) is 0.391. The number of carbonyl (C=O) groups is 2. The summed E-state index contributed by atoms with van der Waals surface area (Å²) in [6.45, 7) is 2.23. The molecule has 7 nitrogen and oxygen atoms in total. The van der Waals surface area contributed by atoms with Crippen LogP contribution in [0, 0.1) is 18.2 Å². The highest BCUT2D eigenvalue weighted by Crippen LogP contribution is 2.47.